The average molecular weight is 416 g/mol. The van der Waals surface area contributed by atoms with E-state index in [4.69, 9.17) is 0 Å². The Balaban J connectivity index is 1.69. The molecule has 3 nitrogen and oxygen atoms in total. The van der Waals surface area contributed by atoms with Crippen LogP contribution in [0.2, 0.25) is 0 Å². The van der Waals surface area contributed by atoms with Crippen LogP contribution in [-0.2, 0) is 18.4 Å². The number of nitrogens with one attached hydrogen (secondary N) is 1. The minimum absolute atomic E-state index is 0.00270. The summed E-state index contributed by atoms with van der Waals surface area (Å²) in [6, 6.07) is 19.9. The predicted octanol–water partition coefficient (Wildman–Crippen LogP) is 5.17. The SMILES string of the molecule is CCc1c(C#N)cc2ccccc2c1CN(C)CC1(c2ccc(F)cc2)CCNCC1. The van der Waals surface area contributed by atoms with Crippen LogP contribution in [0, 0.1) is 17.1 Å². The first-order chi connectivity index (χ1) is 15.1. The molecule has 0 saturated carbocycles. The molecule has 4 rings (SSSR count). The van der Waals surface area contributed by atoms with Gasteiger partial charge in [0.1, 0.15) is 5.82 Å². The van der Waals surface area contributed by atoms with Gasteiger partial charge in [0.2, 0.25) is 0 Å². The van der Waals surface area contributed by atoms with Crippen LogP contribution in [0.5, 0.6) is 0 Å². The third-order valence-electron chi connectivity index (χ3n) is 6.77. The number of rotatable bonds is 6. The Morgan fingerprint density at radius 3 is 2.45 bits per heavy atom. The van der Waals surface area contributed by atoms with Crippen LogP contribution >= 0.6 is 0 Å². The fourth-order valence-corrected chi connectivity index (χ4v) is 5.24. The molecule has 1 saturated heterocycles. The van der Waals surface area contributed by atoms with E-state index in [1.54, 1.807) is 12.1 Å². The lowest BCUT2D eigenvalue weighted by Gasteiger charge is -2.41. The lowest BCUT2D eigenvalue weighted by molar-refractivity contribution is 0.196. The molecule has 0 bridgehead atoms. The predicted molar refractivity (Wildman–Crippen MR) is 125 cm³/mol. The molecule has 0 amide bonds. The van der Waals surface area contributed by atoms with Gasteiger partial charge in [-0.1, -0.05) is 43.3 Å². The molecule has 1 aliphatic rings. The highest BCUT2D eigenvalue weighted by molar-refractivity contribution is 5.88. The number of hydrogen-bond acceptors (Lipinski definition) is 3. The van der Waals surface area contributed by atoms with Crippen molar-refractivity contribution in [2.45, 2.75) is 38.1 Å². The van der Waals surface area contributed by atoms with E-state index in [0.717, 1.165) is 62.0 Å². The maximum Gasteiger partial charge on any atom is 0.123 e. The van der Waals surface area contributed by atoms with Crippen molar-refractivity contribution in [1.82, 2.24) is 10.2 Å². The Hall–Kier alpha value is -2.74. The molecule has 0 atom stereocenters. The van der Waals surface area contributed by atoms with Crippen LogP contribution in [0.1, 0.15) is 42.0 Å². The second-order valence-electron chi connectivity index (χ2n) is 8.78. The van der Waals surface area contributed by atoms with Crippen molar-refractivity contribution < 1.29 is 4.39 Å². The molecule has 3 aromatic rings. The summed E-state index contributed by atoms with van der Waals surface area (Å²) in [5, 5.41) is 15.6. The zero-order valence-electron chi connectivity index (χ0n) is 18.4. The highest BCUT2D eigenvalue weighted by Gasteiger charge is 2.35. The van der Waals surface area contributed by atoms with E-state index in [9.17, 15) is 9.65 Å². The van der Waals surface area contributed by atoms with Crippen molar-refractivity contribution in [3.8, 4) is 6.07 Å². The van der Waals surface area contributed by atoms with Gasteiger partial charge in [0.25, 0.3) is 0 Å². The number of fused-ring (bicyclic) bond motifs is 1. The molecule has 160 valence electrons. The zero-order chi connectivity index (χ0) is 21.8. The number of piperidine rings is 1. The van der Waals surface area contributed by atoms with Crippen molar-refractivity contribution in [2.24, 2.45) is 0 Å². The van der Waals surface area contributed by atoms with Gasteiger partial charge in [-0.05, 0) is 85.1 Å². The summed E-state index contributed by atoms with van der Waals surface area (Å²) in [6.45, 7) is 5.75. The topological polar surface area (TPSA) is 39.1 Å². The van der Waals surface area contributed by atoms with Gasteiger partial charge in [0.05, 0.1) is 11.6 Å². The molecule has 4 heteroatoms. The molecule has 0 spiro atoms. The quantitative estimate of drug-likeness (QED) is 0.604. The molecule has 1 N–H and O–H groups in total. The molecule has 0 radical (unpaired) electrons. The maximum absolute atomic E-state index is 13.6. The fraction of sp³-hybridized carbons (Fsp3) is 0.370. The van der Waals surface area contributed by atoms with Crippen molar-refractivity contribution in [2.75, 3.05) is 26.7 Å². The Morgan fingerprint density at radius 1 is 1.06 bits per heavy atom. The number of likely N-dealkylation sites (N-methyl/N-ethyl adjacent to an activating group) is 1. The minimum Gasteiger partial charge on any atom is -0.317 e. The van der Waals surface area contributed by atoms with Gasteiger partial charge < -0.3 is 10.2 Å². The first-order valence-corrected chi connectivity index (χ1v) is 11.2. The van der Waals surface area contributed by atoms with Crippen LogP contribution in [0.4, 0.5) is 4.39 Å². The molecule has 1 heterocycles. The van der Waals surface area contributed by atoms with Gasteiger partial charge >= 0.3 is 0 Å². The van der Waals surface area contributed by atoms with Crippen molar-refractivity contribution >= 4 is 10.8 Å². The Bertz CT molecular complexity index is 1090. The van der Waals surface area contributed by atoms with Crippen molar-refractivity contribution in [3.05, 3.63) is 82.7 Å². The number of hydrogen-bond donors (Lipinski definition) is 1. The summed E-state index contributed by atoms with van der Waals surface area (Å²) < 4.78 is 13.6. The molecular weight excluding hydrogens is 385 g/mol. The highest BCUT2D eigenvalue weighted by Crippen LogP contribution is 2.35. The van der Waals surface area contributed by atoms with E-state index in [1.807, 2.05) is 24.3 Å². The van der Waals surface area contributed by atoms with Gasteiger partial charge in [0.15, 0.2) is 0 Å². The lowest BCUT2D eigenvalue weighted by Crippen LogP contribution is -2.46. The first kappa shape index (κ1) is 21.5. The largest absolute Gasteiger partial charge is 0.317 e. The Kier molecular flexibility index (Phi) is 6.36. The second-order valence-corrected chi connectivity index (χ2v) is 8.78. The second kappa shape index (κ2) is 9.18. The van der Waals surface area contributed by atoms with Gasteiger partial charge in [-0.25, -0.2) is 4.39 Å². The van der Waals surface area contributed by atoms with Crippen LogP contribution in [0.25, 0.3) is 10.8 Å². The minimum atomic E-state index is -0.187. The molecule has 3 aromatic carbocycles. The summed E-state index contributed by atoms with van der Waals surface area (Å²) in [4.78, 5) is 2.39. The Labute approximate surface area is 184 Å². The Morgan fingerprint density at radius 2 is 1.77 bits per heavy atom. The number of benzene rings is 3. The van der Waals surface area contributed by atoms with Crippen molar-refractivity contribution in [1.29, 1.82) is 5.26 Å². The van der Waals surface area contributed by atoms with E-state index in [0.29, 0.717) is 0 Å². The van der Waals surface area contributed by atoms with Crippen LogP contribution in [0.3, 0.4) is 0 Å². The van der Waals surface area contributed by atoms with E-state index in [-0.39, 0.29) is 11.2 Å². The normalized spacial score (nSPS) is 15.8. The summed E-state index contributed by atoms with van der Waals surface area (Å²) in [7, 11) is 2.17. The van der Waals surface area contributed by atoms with E-state index < -0.39 is 0 Å². The molecule has 31 heavy (non-hydrogen) atoms. The standard InChI is InChI=1S/C27H30FN3/c1-3-24-21(17-29)16-20-6-4-5-7-25(20)26(24)18-31(2)19-27(12-14-30-15-13-27)22-8-10-23(28)11-9-22/h4-11,16,30H,3,12-15,18-19H2,1-2H3. The van der Waals surface area contributed by atoms with Crippen LogP contribution < -0.4 is 5.32 Å². The van der Waals surface area contributed by atoms with Gasteiger partial charge in [0, 0.05) is 18.5 Å². The zero-order valence-corrected chi connectivity index (χ0v) is 18.4. The third-order valence-corrected chi connectivity index (χ3v) is 6.77. The monoisotopic (exact) mass is 415 g/mol. The van der Waals surface area contributed by atoms with Crippen LogP contribution in [0.15, 0.2) is 54.6 Å². The smallest absolute Gasteiger partial charge is 0.123 e. The van der Waals surface area contributed by atoms with Crippen molar-refractivity contribution in [3.63, 3.8) is 0 Å². The molecule has 1 fully saturated rings. The summed E-state index contributed by atoms with van der Waals surface area (Å²) >= 11 is 0. The molecule has 0 unspecified atom stereocenters. The molecule has 0 aromatic heterocycles. The number of halogens is 1. The van der Waals surface area contributed by atoms with Gasteiger partial charge in [-0.2, -0.15) is 5.26 Å². The first-order valence-electron chi connectivity index (χ1n) is 11.2. The number of nitriles is 1. The molecule has 1 aliphatic heterocycles. The highest BCUT2D eigenvalue weighted by atomic mass is 19.1. The van der Waals surface area contributed by atoms with Gasteiger partial charge in [-0.15, -0.1) is 0 Å². The lowest BCUT2D eigenvalue weighted by atomic mass is 9.72. The summed E-state index contributed by atoms with van der Waals surface area (Å²) in [6.07, 6.45) is 2.90. The van der Waals surface area contributed by atoms with E-state index in [1.165, 1.54) is 16.5 Å². The number of nitrogens with zero attached hydrogens (tertiary/aromatic N) is 2. The third kappa shape index (κ3) is 4.35. The average Bonchev–Trinajstić information content (AvgIpc) is 2.79. The fourth-order valence-electron chi connectivity index (χ4n) is 5.24. The van der Waals surface area contributed by atoms with Crippen LogP contribution in [-0.4, -0.2) is 31.6 Å². The van der Waals surface area contributed by atoms with Gasteiger partial charge in [-0.3, -0.25) is 0 Å². The molecule has 0 aliphatic carbocycles. The van der Waals surface area contributed by atoms with E-state index in [2.05, 4.69) is 48.5 Å². The molecular formula is C27H30FN3. The summed E-state index contributed by atoms with van der Waals surface area (Å²) in [5.41, 5.74) is 4.40. The summed E-state index contributed by atoms with van der Waals surface area (Å²) in [5.74, 6) is -0.187. The van der Waals surface area contributed by atoms with E-state index >= 15 is 0 Å². The maximum atomic E-state index is 13.6.